The van der Waals surface area contributed by atoms with Gasteiger partial charge in [0.25, 0.3) is 0 Å². The number of thioether (sulfide) groups is 1. The van der Waals surface area contributed by atoms with Crippen molar-refractivity contribution in [2.24, 2.45) is 0 Å². The predicted octanol–water partition coefficient (Wildman–Crippen LogP) is 4.76. The third-order valence-corrected chi connectivity index (χ3v) is 6.78. The molecule has 0 atom stereocenters. The highest BCUT2D eigenvalue weighted by Crippen LogP contribution is 2.33. The first-order chi connectivity index (χ1) is 14.6. The summed E-state index contributed by atoms with van der Waals surface area (Å²) in [5.41, 5.74) is 3.74. The summed E-state index contributed by atoms with van der Waals surface area (Å²) in [6, 6.07) is 18.0. The van der Waals surface area contributed by atoms with Gasteiger partial charge in [-0.3, -0.25) is 4.79 Å². The molecule has 0 aliphatic carbocycles. The molecule has 30 heavy (non-hydrogen) atoms. The van der Waals surface area contributed by atoms with Gasteiger partial charge in [-0.1, -0.05) is 71.6 Å². The van der Waals surface area contributed by atoms with Crippen molar-refractivity contribution in [2.45, 2.75) is 18.5 Å². The van der Waals surface area contributed by atoms with E-state index in [0.717, 1.165) is 32.7 Å². The van der Waals surface area contributed by atoms with E-state index in [2.05, 4.69) is 37.3 Å². The molecule has 0 aliphatic heterocycles. The Morgan fingerprint density at radius 3 is 2.67 bits per heavy atom. The Morgan fingerprint density at radius 2 is 1.87 bits per heavy atom. The first-order valence-corrected chi connectivity index (χ1v) is 11.3. The zero-order chi connectivity index (χ0) is 20.9. The van der Waals surface area contributed by atoms with E-state index in [4.69, 9.17) is 0 Å². The van der Waals surface area contributed by atoms with Crippen molar-refractivity contribution in [3.05, 3.63) is 72.1 Å². The van der Waals surface area contributed by atoms with E-state index in [1.54, 1.807) is 11.3 Å². The maximum absolute atomic E-state index is 12.4. The number of carbonyl (C=O) groups is 1. The lowest BCUT2D eigenvalue weighted by Crippen LogP contribution is -2.15. The van der Waals surface area contributed by atoms with Crippen LogP contribution < -0.4 is 10.2 Å². The Bertz CT molecular complexity index is 1160. The van der Waals surface area contributed by atoms with Crippen LogP contribution >= 0.6 is 23.1 Å². The molecular formula is C22H21N5OS2. The number of carbonyl (C=O) groups excluding carboxylic acids is 1. The Hall–Kier alpha value is -2.97. The summed E-state index contributed by atoms with van der Waals surface area (Å²) in [6.07, 6.45) is 1.50. The second kappa shape index (κ2) is 9.23. The number of benzene rings is 2. The second-order valence-electron chi connectivity index (χ2n) is 6.82. The maximum atomic E-state index is 12.4. The largest absolute Gasteiger partial charge is 0.347 e. The van der Waals surface area contributed by atoms with Crippen molar-refractivity contribution in [1.29, 1.82) is 0 Å². The van der Waals surface area contributed by atoms with E-state index in [9.17, 15) is 4.79 Å². The van der Waals surface area contributed by atoms with Crippen molar-refractivity contribution in [3.63, 3.8) is 0 Å². The van der Waals surface area contributed by atoms with E-state index in [1.165, 1.54) is 23.7 Å². The molecular weight excluding hydrogens is 414 g/mol. The molecule has 8 heteroatoms. The smallest absolute Gasteiger partial charge is 0.234 e. The van der Waals surface area contributed by atoms with E-state index in [1.807, 2.05) is 56.4 Å². The van der Waals surface area contributed by atoms with Gasteiger partial charge >= 0.3 is 0 Å². The zero-order valence-electron chi connectivity index (χ0n) is 16.7. The van der Waals surface area contributed by atoms with Gasteiger partial charge in [0.2, 0.25) is 5.91 Å². The van der Waals surface area contributed by atoms with Crippen LogP contribution in [-0.4, -0.2) is 33.7 Å². The minimum atomic E-state index is -0.0630. The molecule has 152 valence electrons. The molecule has 1 amide bonds. The van der Waals surface area contributed by atoms with Crippen LogP contribution in [0.15, 0.2) is 66.0 Å². The first-order valence-electron chi connectivity index (χ1n) is 9.45. The SMILES string of the molecule is Cc1ccccc1NC(=O)CSc1ncnc2nc(N(C)Cc3ccccc3)sc12. The van der Waals surface area contributed by atoms with E-state index in [0.29, 0.717) is 5.65 Å². The average Bonchev–Trinajstić information content (AvgIpc) is 3.20. The summed E-state index contributed by atoms with van der Waals surface area (Å²) in [7, 11) is 2.01. The number of nitrogens with zero attached hydrogens (tertiary/aromatic N) is 4. The molecule has 0 spiro atoms. The average molecular weight is 436 g/mol. The number of anilines is 2. The Kier molecular flexibility index (Phi) is 6.25. The van der Waals surface area contributed by atoms with Crippen molar-refractivity contribution in [3.8, 4) is 0 Å². The van der Waals surface area contributed by atoms with Crippen LogP contribution in [0.2, 0.25) is 0 Å². The van der Waals surface area contributed by atoms with Gasteiger partial charge in [0.1, 0.15) is 16.1 Å². The van der Waals surface area contributed by atoms with Crippen molar-refractivity contribution >= 4 is 50.2 Å². The van der Waals surface area contributed by atoms with Crippen LogP contribution in [0.4, 0.5) is 10.8 Å². The highest BCUT2D eigenvalue weighted by atomic mass is 32.2. The van der Waals surface area contributed by atoms with Crippen LogP contribution in [-0.2, 0) is 11.3 Å². The number of thiazole rings is 1. The number of para-hydroxylation sites is 1. The normalized spacial score (nSPS) is 10.9. The molecule has 6 nitrogen and oxygen atoms in total. The van der Waals surface area contributed by atoms with Gasteiger partial charge in [-0.2, -0.15) is 4.98 Å². The van der Waals surface area contributed by atoms with Gasteiger partial charge in [0, 0.05) is 19.3 Å². The number of hydrogen-bond acceptors (Lipinski definition) is 7. The zero-order valence-corrected chi connectivity index (χ0v) is 18.3. The van der Waals surface area contributed by atoms with E-state index < -0.39 is 0 Å². The van der Waals surface area contributed by atoms with Crippen molar-refractivity contribution in [2.75, 3.05) is 23.0 Å². The summed E-state index contributed by atoms with van der Waals surface area (Å²) < 4.78 is 0.904. The maximum Gasteiger partial charge on any atom is 0.234 e. The summed E-state index contributed by atoms with van der Waals surface area (Å²) in [5.74, 6) is 0.208. The highest BCUT2D eigenvalue weighted by Gasteiger charge is 2.15. The monoisotopic (exact) mass is 435 g/mol. The highest BCUT2D eigenvalue weighted by molar-refractivity contribution is 8.00. The number of aryl methyl sites for hydroxylation is 1. The van der Waals surface area contributed by atoms with Crippen LogP contribution in [0.1, 0.15) is 11.1 Å². The van der Waals surface area contributed by atoms with E-state index >= 15 is 0 Å². The van der Waals surface area contributed by atoms with Gasteiger partial charge < -0.3 is 10.2 Å². The third-order valence-electron chi connectivity index (χ3n) is 4.50. The number of nitrogens with one attached hydrogen (secondary N) is 1. The Balaban J connectivity index is 1.45. The fourth-order valence-corrected chi connectivity index (χ4v) is 4.80. The fraction of sp³-hybridized carbons (Fsp3) is 0.182. The molecule has 2 heterocycles. The lowest BCUT2D eigenvalue weighted by molar-refractivity contribution is -0.113. The molecule has 1 N–H and O–H groups in total. The molecule has 0 radical (unpaired) electrons. The molecule has 2 aromatic carbocycles. The fourth-order valence-electron chi connectivity index (χ4n) is 2.95. The van der Waals surface area contributed by atoms with Gasteiger partial charge in [-0.15, -0.1) is 0 Å². The summed E-state index contributed by atoms with van der Waals surface area (Å²) >= 11 is 2.95. The molecule has 0 saturated heterocycles. The van der Waals surface area contributed by atoms with Crippen LogP contribution in [0.3, 0.4) is 0 Å². The molecule has 0 bridgehead atoms. The minimum absolute atomic E-state index is 0.0630. The summed E-state index contributed by atoms with van der Waals surface area (Å²) in [4.78, 5) is 27.8. The molecule has 0 fully saturated rings. The van der Waals surface area contributed by atoms with Crippen molar-refractivity contribution < 1.29 is 4.79 Å². The van der Waals surface area contributed by atoms with Crippen LogP contribution in [0.5, 0.6) is 0 Å². The van der Waals surface area contributed by atoms with Gasteiger partial charge in [-0.05, 0) is 24.1 Å². The third kappa shape index (κ3) is 4.77. The lowest BCUT2D eigenvalue weighted by atomic mass is 10.2. The Labute approximate surface area is 183 Å². The van der Waals surface area contributed by atoms with E-state index in [-0.39, 0.29) is 11.7 Å². The molecule has 0 saturated carbocycles. The van der Waals surface area contributed by atoms with Crippen molar-refractivity contribution in [1.82, 2.24) is 15.0 Å². The second-order valence-corrected chi connectivity index (χ2v) is 8.76. The standard InChI is InChI=1S/C22H21N5OS2/c1-15-8-6-7-11-17(15)25-18(28)13-29-21-19-20(23-14-24-21)26-22(30-19)27(2)12-16-9-4-3-5-10-16/h3-11,14H,12-13H2,1-2H3,(H,25,28). The van der Waals surface area contributed by atoms with Crippen LogP contribution in [0.25, 0.3) is 10.3 Å². The van der Waals surface area contributed by atoms with Gasteiger partial charge in [0.15, 0.2) is 10.8 Å². The molecule has 0 unspecified atom stereocenters. The number of hydrogen-bond donors (Lipinski definition) is 1. The molecule has 0 aliphatic rings. The quantitative estimate of drug-likeness (QED) is 0.333. The number of aromatic nitrogens is 3. The van der Waals surface area contributed by atoms with Gasteiger partial charge in [0.05, 0.1) is 5.75 Å². The van der Waals surface area contributed by atoms with Crippen LogP contribution in [0, 0.1) is 6.92 Å². The van der Waals surface area contributed by atoms with Gasteiger partial charge in [-0.25, -0.2) is 9.97 Å². The summed E-state index contributed by atoms with van der Waals surface area (Å²) in [6.45, 7) is 2.73. The molecule has 2 aromatic heterocycles. The lowest BCUT2D eigenvalue weighted by Gasteiger charge is -2.15. The topological polar surface area (TPSA) is 71.0 Å². The number of fused-ring (bicyclic) bond motifs is 1. The Morgan fingerprint density at radius 1 is 1.10 bits per heavy atom. The number of rotatable bonds is 7. The summed E-state index contributed by atoms with van der Waals surface area (Å²) in [5, 5.41) is 4.61. The first kappa shape index (κ1) is 20.3. The minimum Gasteiger partial charge on any atom is -0.347 e. The predicted molar refractivity (Wildman–Crippen MR) is 124 cm³/mol. The molecule has 4 rings (SSSR count). The molecule has 4 aromatic rings. The number of amides is 1.